The van der Waals surface area contributed by atoms with Gasteiger partial charge in [0.05, 0.1) is 5.02 Å². The van der Waals surface area contributed by atoms with E-state index in [1.165, 1.54) is 12.3 Å². The van der Waals surface area contributed by atoms with Crippen molar-refractivity contribution in [2.75, 3.05) is 0 Å². The maximum Gasteiger partial charge on any atom is 0.141 e. The maximum absolute atomic E-state index is 8.28. The molecule has 0 saturated carbocycles. The molecule has 43 valence electrons. The maximum atomic E-state index is 8.28. The van der Waals surface area contributed by atoms with Crippen molar-refractivity contribution in [2.45, 2.75) is 0 Å². The zero-order valence-corrected chi connectivity index (χ0v) is 5.18. The van der Waals surface area contributed by atoms with Crippen LogP contribution in [0.1, 0.15) is 5.69 Å². The van der Waals surface area contributed by atoms with E-state index in [1.807, 2.05) is 6.07 Å². The molecule has 0 aliphatic rings. The van der Waals surface area contributed by atoms with Gasteiger partial charge in [-0.2, -0.15) is 5.26 Å². The molecular weight excluding hydrogens is 136 g/mol. The van der Waals surface area contributed by atoms with Gasteiger partial charge in [0, 0.05) is 12.3 Å². The minimum Gasteiger partial charge on any atom is -0.245 e. The van der Waals surface area contributed by atoms with Crippen LogP contribution in [-0.4, -0.2) is 4.98 Å². The van der Waals surface area contributed by atoms with Crippen LogP contribution in [0.15, 0.2) is 12.3 Å². The molecule has 0 amide bonds. The van der Waals surface area contributed by atoms with Gasteiger partial charge in [-0.1, -0.05) is 11.6 Å². The first-order valence-corrected chi connectivity index (χ1v) is 2.64. The van der Waals surface area contributed by atoms with E-state index in [4.69, 9.17) is 16.9 Å². The summed E-state index contributed by atoms with van der Waals surface area (Å²) in [5.41, 5.74) is 0.318. The Balaban J connectivity index is 3.12. The van der Waals surface area contributed by atoms with Crippen molar-refractivity contribution in [3.05, 3.63) is 29.0 Å². The highest BCUT2D eigenvalue weighted by molar-refractivity contribution is 6.30. The molecule has 0 N–H and O–H groups in total. The minimum absolute atomic E-state index is 0.318. The average Bonchev–Trinajstić information content (AvgIpc) is 1.88. The summed E-state index contributed by atoms with van der Waals surface area (Å²) in [5, 5.41) is 8.70. The Morgan fingerprint density at radius 2 is 2.56 bits per heavy atom. The number of pyridine rings is 1. The second-order valence-corrected chi connectivity index (χ2v) is 1.80. The number of hydrogen-bond acceptors (Lipinski definition) is 2. The summed E-state index contributed by atoms with van der Waals surface area (Å²) in [7, 11) is 0. The van der Waals surface area contributed by atoms with Gasteiger partial charge in [-0.15, -0.1) is 0 Å². The summed E-state index contributed by atoms with van der Waals surface area (Å²) in [5.74, 6) is 0. The first kappa shape index (κ1) is 6.06. The van der Waals surface area contributed by atoms with E-state index in [1.54, 1.807) is 0 Å². The van der Waals surface area contributed by atoms with Gasteiger partial charge in [0.25, 0.3) is 0 Å². The number of rotatable bonds is 0. The minimum atomic E-state index is 0.318. The van der Waals surface area contributed by atoms with Crippen molar-refractivity contribution < 1.29 is 0 Å². The molecule has 1 aromatic rings. The zero-order valence-electron chi connectivity index (χ0n) is 4.43. The molecule has 1 heterocycles. The van der Waals surface area contributed by atoms with Crippen molar-refractivity contribution in [3.63, 3.8) is 0 Å². The van der Waals surface area contributed by atoms with Gasteiger partial charge in [-0.05, 0) is 6.07 Å². The first-order chi connectivity index (χ1) is 4.33. The third kappa shape index (κ3) is 1.41. The number of nitriles is 1. The van der Waals surface area contributed by atoms with Crippen LogP contribution in [-0.2, 0) is 0 Å². The molecule has 0 aliphatic heterocycles. The molecule has 1 aromatic heterocycles. The van der Waals surface area contributed by atoms with Crippen molar-refractivity contribution in [2.24, 2.45) is 0 Å². The highest BCUT2D eigenvalue weighted by Crippen LogP contribution is 2.05. The summed E-state index contributed by atoms with van der Waals surface area (Å²) >= 11 is 5.48. The molecule has 1 rings (SSSR count). The molecule has 3 heteroatoms. The molecule has 0 aromatic carbocycles. The van der Waals surface area contributed by atoms with E-state index in [9.17, 15) is 0 Å². The molecule has 0 aliphatic carbocycles. The summed E-state index contributed by atoms with van der Waals surface area (Å²) in [6.45, 7) is 0. The predicted molar refractivity (Wildman–Crippen MR) is 32.8 cm³/mol. The molecule has 0 unspecified atom stereocenters. The number of nitrogens with zero attached hydrogens (tertiary/aromatic N) is 2. The van der Waals surface area contributed by atoms with Gasteiger partial charge in [-0.3, -0.25) is 0 Å². The molecule has 0 saturated heterocycles. The predicted octanol–water partition coefficient (Wildman–Crippen LogP) is 1.41. The SMILES string of the molecule is N#Cc1cc(Cl)[c]cn1. The van der Waals surface area contributed by atoms with E-state index in [-0.39, 0.29) is 0 Å². The normalized spacial score (nSPS) is 8.44. The first-order valence-electron chi connectivity index (χ1n) is 2.26. The van der Waals surface area contributed by atoms with Gasteiger partial charge >= 0.3 is 0 Å². The Morgan fingerprint density at radius 1 is 1.78 bits per heavy atom. The lowest BCUT2D eigenvalue weighted by molar-refractivity contribution is 1.26. The molecule has 9 heavy (non-hydrogen) atoms. The van der Waals surface area contributed by atoms with Crippen LogP contribution >= 0.6 is 11.6 Å². The Morgan fingerprint density at radius 3 is 3.00 bits per heavy atom. The smallest absolute Gasteiger partial charge is 0.141 e. The van der Waals surface area contributed by atoms with Gasteiger partial charge in [0.15, 0.2) is 0 Å². The summed E-state index contributed by atoms with van der Waals surface area (Å²) in [6.07, 6.45) is 1.38. The lowest BCUT2D eigenvalue weighted by Crippen LogP contribution is -1.78. The van der Waals surface area contributed by atoms with Crippen molar-refractivity contribution in [1.82, 2.24) is 4.98 Å². The highest BCUT2D eigenvalue weighted by Gasteiger charge is 1.90. The molecule has 1 radical (unpaired) electrons. The third-order valence-electron chi connectivity index (χ3n) is 0.784. The molecule has 0 bridgehead atoms. The van der Waals surface area contributed by atoms with Gasteiger partial charge in [0.1, 0.15) is 11.8 Å². The zero-order chi connectivity index (χ0) is 6.69. The topological polar surface area (TPSA) is 36.7 Å². The monoisotopic (exact) mass is 137 g/mol. The lowest BCUT2D eigenvalue weighted by atomic mass is 10.4. The number of aromatic nitrogens is 1. The Hall–Kier alpha value is -1.07. The Labute approximate surface area is 57.7 Å². The largest absolute Gasteiger partial charge is 0.245 e. The highest BCUT2D eigenvalue weighted by atomic mass is 35.5. The van der Waals surface area contributed by atoms with Crippen molar-refractivity contribution in [1.29, 1.82) is 5.26 Å². The van der Waals surface area contributed by atoms with E-state index in [0.29, 0.717) is 10.7 Å². The Kier molecular flexibility index (Phi) is 1.66. The van der Waals surface area contributed by atoms with Gasteiger partial charge in [-0.25, -0.2) is 4.98 Å². The molecule has 0 fully saturated rings. The van der Waals surface area contributed by atoms with Gasteiger partial charge in [0.2, 0.25) is 0 Å². The summed E-state index contributed by atoms with van der Waals surface area (Å²) in [4.78, 5) is 3.66. The van der Waals surface area contributed by atoms with Crippen LogP contribution in [0, 0.1) is 17.4 Å². The molecule has 0 atom stereocenters. The quantitative estimate of drug-likeness (QED) is 0.542. The second-order valence-electron chi connectivity index (χ2n) is 1.39. The van der Waals surface area contributed by atoms with Crippen LogP contribution < -0.4 is 0 Å². The molecular formula is C6H2ClN2. The standard InChI is InChI=1S/C6H2ClN2/c7-5-1-2-9-6(3-5)4-8/h2-3H. The summed E-state index contributed by atoms with van der Waals surface area (Å²) < 4.78 is 0. The number of halogens is 1. The van der Waals surface area contributed by atoms with E-state index in [2.05, 4.69) is 11.1 Å². The van der Waals surface area contributed by atoms with Crippen LogP contribution in [0.2, 0.25) is 5.02 Å². The van der Waals surface area contributed by atoms with E-state index in [0.717, 1.165) is 0 Å². The fourth-order valence-corrected chi connectivity index (χ4v) is 0.576. The Bertz CT molecular complexity index is 251. The fraction of sp³-hybridized carbons (Fsp3) is 0. The molecule has 2 nitrogen and oxygen atoms in total. The third-order valence-corrected chi connectivity index (χ3v) is 1.00. The second kappa shape index (κ2) is 2.47. The van der Waals surface area contributed by atoms with Crippen LogP contribution in [0.25, 0.3) is 0 Å². The lowest BCUT2D eigenvalue weighted by Gasteiger charge is -1.85. The molecule has 0 spiro atoms. The van der Waals surface area contributed by atoms with E-state index < -0.39 is 0 Å². The number of hydrogen-bond donors (Lipinski definition) is 0. The van der Waals surface area contributed by atoms with Crippen LogP contribution in [0.4, 0.5) is 0 Å². The van der Waals surface area contributed by atoms with Crippen LogP contribution in [0.5, 0.6) is 0 Å². The van der Waals surface area contributed by atoms with Crippen molar-refractivity contribution >= 4 is 11.6 Å². The van der Waals surface area contributed by atoms with Crippen molar-refractivity contribution in [3.8, 4) is 6.07 Å². The van der Waals surface area contributed by atoms with Crippen LogP contribution in [0.3, 0.4) is 0 Å². The van der Waals surface area contributed by atoms with E-state index >= 15 is 0 Å². The average molecular weight is 138 g/mol. The fourth-order valence-electron chi connectivity index (χ4n) is 0.424. The van der Waals surface area contributed by atoms with Gasteiger partial charge < -0.3 is 0 Å². The summed E-state index contributed by atoms with van der Waals surface area (Å²) in [6, 6.07) is 5.92.